The van der Waals surface area contributed by atoms with E-state index in [9.17, 15) is 0 Å². The number of rotatable bonds is 4. The molecule has 0 bridgehead atoms. The Morgan fingerprint density at radius 3 is 1.36 bits per heavy atom. The van der Waals surface area contributed by atoms with E-state index in [1.165, 1.54) is 0 Å². The van der Waals surface area contributed by atoms with E-state index in [0.717, 1.165) is 0 Å². The highest BCUT2D eigenvalue weighted by molar-refractivity contribution is 4.63. The van der Waals surface area contributed by atoms with Crippen molar-refractivity contribution in [3.05, 3.63) is 6.92 Å². The molecule has 0 fully saturated rings. The molecule has 1 radical (unpaired) electrons. The maximum atomic E-state index is 5.47. The second kappa shape index (κ2) is 5.13. The van der Waals surface area contributed by atoms with Crippen LogP contribution in [0, 0.1) is 17.8 Å². The molecule has 0 aromatic carbocycles. The number of hydrogen-bond acceptors (Lipinski definition) is 2. The van der Waals surface area contributed by atoms with Crippen molar-refractivity contribution in [3.8, 4) is 0 Å². The second-order valence-electron chi connectivity index (χ2n) is 6.17. The number of ether oxygens (including phenoxy) is 2. The quantitative estimate of drug-likeness (QED) is 0.650. The van der Waals surface area contributed by atoms with E-state index in [0.29, 0.717) is 13.2 Å². The summed E-state index contributed by atoms with van der Waals surface area (Å²) in [5.74, 6) is 0. The van der Waals surface area contributed by atoms with Crippen molar-refractivity contribution in [1.29, 1.82) is 0 Å². The van der Waals surface area contributed by atoms with Crippen molar-refractivity contribution in [2.45, 2.75) is 47.8 Å². The summed E-state index contributed by atoms with van der Waals surface area (Å²) in [5, 5.41) is 0. The Morgan fingerprint density at radius 1 is 0.857 bits per heavy atom. The van der Waals surface area contributed by atoms with Crippen LogP contribution in [0.25, 0.3) is 0 Å². The van der Waals surface area contributed by atoms with Crippen LogP contribution in [0.15, 0.2) is 0 Å². The van der Waals surface area contributed by atoms with Crippen molar-refractivity contribution in [1.82, 2.24) is 0 Å². The van der Waals surface area contributed by atoms with Crippen molar-refractivity contribution in [2.24, 2.45) is 10.8 Å². The van der Waals surface area contributed by atoms with E-state index in [4.69, 9.17) is 9.47 Å². The van der Waals surface area contributed by atoms with Crippen LogP contribution in [0.2, 0.25) is 0 Å². The summed E-state index contributed by atoms with van der Waals surface area (Å²) in [7, 11) is 0. The Bertz CT molecular complexity index is 133. The highest BCUT2D eigenvalue weighted by Gasteiger charge is 2.16. The van der Waals surface area contributed by atoms with Crippen molar-refractivity contribution in [2.75, 3.05) is 13.2 Å². The molecule has 0 heterocycles. The first-order chi connectivity index (χ1) is 6.10. The summed E-state index contributed by atoms with van der Waals surface area (Å²) in [6.45, 7) is 17.9. The van der Waals surface area contributed by atoms with Gasteiger partial charge in [0.25, 0.3) is 0 Å². The summed E-state index contributed by atoms with van der Waals surface area (Å²) >= 11 is 0. The first-order valence-corrected chi connectivity index (χ1v) is 5.16. The molecule has 2 nitrogen and oxygen atoms in total. The van der Waals surface area contributed by atoms with E-state index in [1.807, 2.05) is 0 Å². The molecule has 14 heavy (non-hydrogen) atoms. The fourth-order valence-corrected chi connectivity index (χ4v) is 0.734. The minimum atomic E-state index is -0.353. The van der Waals surface area contributed by atoms with Gasteiger partial charge in [0.15, 0.2) is 6.29 Å². The van der Waals surface area contributed by atoms with Gasteiger partial charge in [-0.25, -0.2) is 0 Å². The Labute approximate surface area is 89.0 Å². The van der Waals surface area contributed by atoms with Gasteiger partial charge in [0, 0.05) is 6.92 Å². The molecule has 0 atom stereocenters. The van der Waals surface area contributed by atoms with Gasteiger partial charge in [-0.2, -0.15) is 0 Å². The van der Waals surface area contributed by atoms with Gasteiger partial charge >= 0.3 is 0 Å². The molecule has 0 saturated carbocycles. The van der Waals surface area contributed by atoms with Gasteiger partial charge in [-0.1, -0.05) is 41.5 Å². The lowest BCUT2D eigenvalue weighted by atomic mass is 9.98. The van der Waals surface area contributed by atoms with Crippen LogP contribution in [0.4, 0.5) is 0 Å². The van der Waals surface area contributed by atoms with E-state index >= 15 is 0 Å². The van der Waals surface area contributed by atoms with Crippen LogP contribution >= 0.6 is 0 Å². The Hall–Kier alpha value is -0.0800. The summed E-state index contributed by atoms with van der Waals surface area (Å²) in [5.41, 5.74) is 0.335. The predicted molar refractivity (Wildman–Crippen MR) is 60.0 cm³/mol. The molecule has 0 rings (SSSR count). The lowest BCUT2D eigenvalue weighted by Crippen LogP contribution is -2.25. The van der Waals surface area contributed by atoms with Gasteiger partial charge < -0.3 is 9.47 Å². The maximum Gasteiger partial charge on any atom is 0.157 e. The van der Waals surface area contributed by atoms with Crippen LogP contribution in [-0.2, 0) is 9.47 Å². The Morgan fingerprint density at radius 2 is 1.14 bits per heavy atom. The van der Waals surface area contributed by atoms with Crippen LogP contribution in [0.1, 0.15) is 41.5 Å². The third kappa shape index (κ3) is 10.0. The minimum absolute atomic E-state index is 0.168. The normalized spacial score (nSPS) is 13.7. The standard InChI is InChI=1S/C12H25O2/c1-10(13-8-11(2,3)4)14-9-12(5,6)7/h10H,1,8-9H2,2-7H3. The van der Waals surface area contributed by atoms with Crippen molar-refractivity contribution >= 4 is 0 Å². The lowest BCUT2D eigenvalue weighted by Gasteiger charge is -2.25. The van der Waals surface area contributed by atoms with Gasteiger partial charge in [0.2, 0.25) is 0 Å². The van der Waals surface area contributed by atoms with Crippen LogP contribution in [-0.4, -0.2) is 19.5 Å². The summed E-state index contributed by atoms with van der Waals surface area (Å²) in [6.07, 6.45) is -0.353. The zero-order chi connectivity index (χ0) is 11.4. The lowest BCUT2D eigenvalue weighted by molar-refractivity contribution is -0.143. The molecule has 0 N–H and O–H groups in total. The average molecular weight is 201 g/mol. The highest BCUT2D eigenvalue weighted by atomic mass is 16.7. The maximum absolute atomic E-state index is 5.47. The number of hydrogen-bond donors (Lipinski definition) is 0. The van der Waals surface area contributed by atoms with Crippen molar-refractivity contribution in [3.63, 3.8) is 0 Å². The van der Waals surface area contributed by atoms with Gasteiger partial charge in [-0.15, -0.1) is 0 Å². The molecule has 0 aliphatic carbocycles. The molecule has 85 valence electrons. The molecule has 0 spiro atoms. The van der Waals surface area contributed by atoms with Gasteiger partial charge in [0.05, 0.1) is 13.2 Å². The monoisotopic (exact) mass is 201 g/mol. The Balaban J connectivity index is 3.62. The third-order valence-electron chi connectivity index (χ3n) is 1.40. The molecule has 0 saturated heterocycles. The first kappa shape index (κ1) is 13.9. The van der Waals surface area contributed by atoms with E-state index in [-0.39, 0.29) is 17.1 Å². The minimum Gasteiger partial charge on any atom is -0.352 e. The molecule has 0 aliphatic heterocycles. The SMILES string of the molecule is [CH2]C(OCC(C)(C)C)OCC(C)(C)C. The van der Waals surface area contributed by atoms with Crippen LogP contribution < -0.4 is 0 Å². The third-order valence-corrected chi connectivity index (χ3v) is 1.40. The predicted octanol–water partition coefficient (Wildman–Crippen LogP) is 3.27. The molecular weight excluding hydrogens is 176 g/mol. The van der Waals surface area contributed by atoms with E-state index in [1.54, 1.807) is 0 Å². The van der Waals surface area contributed by atoms with Gasteiger partial charge in [0.1, 0.15) is 0 Å². The van der Waals surface area contributed by atoms with Crippen molar-refractivity contribution < 1.29 is 9.47 Å². The molecular formula is C12H25O2. The smallest absolute Gasteiger partial charge is 0.157 e. The zero-order valence-electron chi connectivity index (χ0n) is 10.5. The first-order valence-electron chi connectivity index (χ1n) is 5.16. The van der Waals surface area contributed by atoms with Gasteiger partial charge in [-0.3, -0.25) is 0 Å². The largest absolute Gasteiger partial charge is 0.352 e. The summed E-state index contributed by atoms with van der Waals surface area (Å²) in [6, 6.07) is 0. The van der Waals surface area contributed by atoms with E-state index < -0.39 is 0 Å². The fraction of sp³-hybridized carbons (Fsp3) is 0.917. The van der Waals surface area contributed by atoms with E-state index in [2.05, 4.69) is 48.5 Å². The summed E-state index contributed by atoms with van der Waals surface area (Å²) in [4.78, 5) is 0. The molecule has 2 heteroatoms. The summed E-state index contributed by atoms with van der Waals surface area (Å²) < 4.78 is 10.9. The molecule has 0 unspecified atom stereocenters. The molecule has 0 aromatic rings. The van der Waals surface area contributed by atoms with Gasteiger partial charge in [-0.05, 0) is 10.8 Å². The molecule has 0 aliphatic rings. The molecule has 0 aromatic heterocycles. The fourth-order valence-electron chi connectivity index (χ4n) is 0.734. The highest BCUT2D eigenvalue weighted by Crippen LogP contribution is 2.17. The average Bonchev–Trinajstić information content (AvgIpc) is 1.94. The topological polar surface area (TPSA) is 18.5 Å². The zero-order valence-corrected chi connectivity index (χ0v) is 10.5. The van der Waals surface area contributed by atoms with Crippen LogP contribution in [0.3, 0.4) is 0 Å². The Kier molecular flexibility index (Phi) is 5.10. The molecule has 0 amide bonds. The van der Waals surface area contributed by atoms with Crippen LogP contribution in [0.5, 0.6) is 0 Å². The second-order valence-corrected chi connectivity index (χ2v) is 6.17.